The van der Waals surface area contributed by atoms with Gasteiger partial charge >= 0.3 is 6.18 Å². The average Bonchev–Trinajstić information content (AvgIpc) is 3.30. The molecule has 0 spiro atoms. The molecule has 0 bridgehead atoms. The summed E-state index contributed by atoms with van der Waals surface area (Å²) in [5.41, 5.74) is 4.68. The van der Waals surface area contributed by atoms with Gasteiger partial charge in [-0.25, -0.2) is 23.1 Å². The molecular weight excluding hydrogens is 592 g/mol. The van der Waals surface area contributed by atoms with Crippen LogP contribution in [0.5, 0.6) is 5.75 Å². The van der Waals surface area contributed by atoms with Gasteiger partial charge in [-0.05, 0) is 42.5 Å². The number of halogens is 6. The summed E-state index contributed by atoms with van der Waals surface area (Å²) in [6.45, 7) is -3.09. The molecule has 0 aliphatic rings. The number of nitrogens with one attached hydrogen (secondary N) is 1. The Balaban J connectivity index is 1.80. The molecule has 9 nitrogen and oxygen atoms in total. The number of anilines is 1. The fraction of sp³-hybridized carbons (Fsp3) is 0.231. The van der Waals surface area contributed by atoms with Gasteiger partial charge in [0.05, 0.1) is 23.4 Å². The average molecular weight is 614 g/mol. The van der Waals surface area contributed by atoms with Crippen LogP contribution in [0, 0.1) is 11.6 Å². The molecule has 0 unspecified atom stereocenters. The Morgan fingerprint density at radius 2 is 1.76 bits per heavy atom. The quantitative estimate of drug-likeness (QED) is 0.199. The van der Waals surface area contributed by atoms with Crippen LogP contribution in [0.15, 0.2) is 42.5 Å². The van der Waals surface area contributed by atoms with Gasteiger partial charge in [0.15, 0.2) is 10.9 Å². The highest BCUT2D eigenvalue weighted by molar-refractivity contribution is 7.22. The zero-order chi connectivity index (χ0) is 30.8. The lowest BCUT2D eigenvalue weighted by atomic mass is 9.93. The fourth-order valence-electron chi connectivity index (χ4n) is 4.01. The third-order valence-electron chi connectivity index (χ3n) is 5.98. The van der Waals surface area contributed by atoms with Crippen LogP contribution in [0.1, 0.15) is 21.6 Å². The summed E-state index contributed by atoms with van der Waals surface area (Å²) in [5, 5.41) is 12.9. The number of thiazole rings is 1. The molecule has 0 aliphatic carbocycles. The minimum absolute atomic E-state index is 0.000929. The summed E-state index contributed by atoms with van der Waals surface area (Å²) < 4.78 is 89.9. The Bertz CT molecular complexity index is 1650. The molecule has 6 N–H and O–H groups in total. The molecule has 16 heteroatoms. The molecule has 0 aliphatic heterocycles. The molecule has 42 heavy (non-hydrogen) atoms. The molecule has 4 aromatic rings. The number of fused-ring (bicyclic) bond motifs is 1. The number of amides is 2. The molecular formula is C26H21F6N5O4S. The number of carbonyl (C=O) groups excluding carboxylic acids is 2. The van der Waals surface area contributed by atoms with Gasteiger partial charge in [-0.3, -0.25) is 9.59 Å². The van der Waals surface area contributed by atoms with Gasteiger partial charge in [0.25, 0.3) is 5.91 Å². The predicted molar refractivity (Wildman–Crippen MR) is 140 cm³/mol. The summed E-state index contributed by atoms with van der Waals surface area (Å²) in [5.74, 6) is -4.13. The number of pyridine rings is 1. The smallest absolute Gasteiger partial charge is 0.424 e. The fourth-order valence-corrected chi connectivity index (χ4v) is 4.79. The molecule has 0 saturated heterocycles. The van der Waals surface area contributed by atoms with Crippen molar-refractivity contribution in [2.75, 3.05) is 25.6 Å². The third kappa shape index (κ3) is 6.23. The highest BCUT2D eigenvalue weighted by Crippen LogP contribution is 2.42. The van der Waals surface area contributed by atoms with Crippen LogP contribution in [0.4, 0.5) is 31.5 Å². The number of hydrogen-bond donors (Lipinski definition) is 4. The number of ether oxygens (including phenoxy) is 1. The van der Waals surface area contributed by atoms with E-state index in [1.54, 1.807) is 0 Å². The van der Waals surface area contributed by atoms with Crippen LogP contribution >= 0.6 is 11.3 Å². The lowest BCUT2D eigenvalue weighted by Gasteiger charge is -2.31. The Morgan fingerprint density at radius 1 is 1.07 bits per heavy atom. The SMILES string of the molecule is NC(=O)Cc1cc([C@@](O)(CNC(=O)c2cc(F)c3nc(N)sc3c2)C(F)(F)F)nc(-c2ccc(F)cc2)c1OCCF. The topological polar surface area (TPSA) is 153 Å². The second kappa shape index (κ2) is 11.8. The third-order valence-corrected chi connectivity index (χ3v) is 6.81. The number of alkyl halides is 4. The van der Waals surface area contributed by atoms with Crippen molar-refractivity contribution in [2.45, 2.75) is 18.2 Å². The zero-order valence-electron chi connectivity index (χ0n) is 21.3. The molecule has 0 saturated carbocycles. The van der Waals surface area contributed by atoms with E-state index in [0.29, 0.717) is 6.07 Å². The second-order valence-electron chi connectivity index (χ2n) is 8.93. The number of rotatable bonds is 10. The van der Waals surface area contributed by atoms with Crippen LogP contribution in [0.2, 0.25) is 0 Å². The van der Waals surface area contributed by atoms with E-state index >= 15 is 0 Å². The number of aromatic nitrogens is 2. The van der Waals surface area contributed by atoms with Crippen molar-refractivity contribution in [3.8, 4) is 17.0 Å². The van der Waals surface area contributed by atoms with E-state index in [9.17, 15) is 41.0 Å². The predicted octanol–water partition coefficient (Wildman–Crippen LogP) is 3.77. The molecule has 0 fully saturated rings. The summed E-state index contributed by atoms with van der Waals surface area (Å²) in [4.78, 5) is 32.2. The molecule has 1 atom stereocenters. The normalized spacial score (nSPS) is 13.1. The number of nitrogens with zero attached hydrogens (tertiary/aromatic N) is 2. The van der Waals surface area contributed by atoms with E-state index in [1.807, 2.05) is 5.32 Å². The highest BCUT2D eigenvalue weighted by Gasteiger charge is 2.56. The lowest BCUT2D eigenvalue weighted by molar-refractivity contribution is -0.265. The molecule has 2 aromatic carbocycles. The maximum atomic E-state index is 14.5. The van der Waals surface area contributed by atoms with Crippen LogP contribution in [-0.4, -0.2) is 52.9 Å². The summed E-state index contributed by atoms with van der Waals surface area (Å²) in [7, 11) is 0. The van der Waals surface area contributed by atoms with Gasteiger partial charge in [-0.1, -0.05) is 11.3 Å². The largest absolute Gasteiger partial charge is 0.488 e. The van der Waals surface area contributed by atoms with Crippen LogP contribution in [0.25, 0.3) is 21.5 Å². The number of nitrogen functional groups attached to an aromatic ring is 1. The first-order chi connectivity index (χ1) is 19.7. The number of hydrogen-bond acceptors (Lipinski definition) is 8. The van der Waals surface area contributed by atoms with Gasteiger partial charge in [0.2, 0.25) is 11.5 Å². The number of primary amides is 1. The Hall–Kier alpha value is -4.44. The van der Waals surface area contributed by atoms with Crippen molar-refractivity contribution in [2.24, 2.45) is 5.73 Å². The van der Waals surface area contributed by atoms with E-state index < -0.39 is 67.2 Å². The Labute approximate surface area is 237 Å². The van der Waals surface area contributed by atoms with Crippen molar-refractivity contribution >= 4 is 38.5 Å². The number of nitrogens with two attached hydrogens (primary N) is 2. The number of carbonyl (C=O) groups is 2. The second-order valence-corrected chi connectivity index (χ2v) is 9.99. The minimum Gasteiger partial charge on any atom is -0.488 e. The van der Waals surface area contributed by atoms with Gasteiger partial charge in [0, 0.05) is 16.7 Å². The molecule has 222 valence electrons. The zero-order valence-corrected chi connectivity index (χ0v) is 22.1. The maximum absolute atomic E-state index is 14.5. The van der Waals surface area contributed by atoms with Crippen molar-refractivity contribution < 1.29 is 45.8 Å². The summed E-state index contributed by atoms with van der Waals surface area (Å²) in [6.07, 6.45) is -6.18. The van der Waals surface area contributed by atoms with Crippen LogP contribution < -0.4 is 21.5 Å². The minimum atomic E-state index is -5.47. The van der Waals surface area contributed by atoms with E-state index in [-0.39, 0.29) is 43.5 Å². The van der Waals surface area contributed by atoms with Crippen LogP contribution in [0.3, 0.4) is 0 Å². The van der Waals surface area contributed by atoms with E-state index in [4.69, 9.17) is 16.2 Å². The number of aliphatic hydroxyl groups is 1. The molecule has 0 radical (unpaired) electrons. The van der Waals surface area contributed by atoms with Crippen molar-refractivity contribution in [3.63, 3.8) is 0 Å². The van der Waals surface area contributed by atoms with Gasteiger partial charge < -0.3 is 26.6 Å². The highest BCUT2D eigenvalue weighted by atomic mass is 32.1. The van der Waals surface area contributed by atoms with Crippen LogP contribution in [-0.2, 0) is 16.8 Å². The standard InChI is InChI=1S/C26H21F6N5O4S/c27-5-6-41-22-13(10-19(33)38)9-18(36-20(22)12-1-3-15(28)4-2-12)25(40,26(30,31)32)11-35-23(39)14-7-16(29)21-17(8-14)42-24(34)37-21/h1-4,7-9,40H,5-6,10-11H2,(H2,33,38)(H2,34,37)(H,35,39)/t25-/m0/s1. The Kier molecular flexibility index (Phi) is 8.58. The first-order valence-electron chi connectivity index (χ1n) is 11.9. The van der Waals surface area contributed by atoms with E-state index in [2.05, 4.69) is 9.97 Å². The molecule has 2 heterocycles. The monoisotopic (exact) mass is 613 g/mol. The van der Waals surface area contributed by atoms with E-state index in [0.717, 1.165) is 41.7 Å². The van der Waals surface area contributed by atoms with E-state index in [1.165, 1.54) is 6.07 Å². The summed E-state index contributed by atoms with van der Waals surface area (Å²) >= 11 is 0.847. The maximum Gasteiger partial charge on any atom is 0.424 e. The van der Waals surface area contributed by atoms with Gasteiger partial charge in [-0.15, -0.1) is 0 Å². The van der Waals surface area contributed by atoms with Crippen molar-refractivity contribution in [1.82, 2.24) is 15.3 Å². The first-order valence-corrected chi connectivity index (χ1v) is 12.8. The number of benzene rings is 2. The van der Waals surface area contributed by atoms with Crippen molar-refractivity contribution in [1.29, 1.82) is 0 Å². The van der Waals surface area contributed by atoms with Gasteiger partial charge in [-0.2, -0.15) is 13.2 Å². The molecule has 2 aromatic heterocycles. The lowest BCUT2D eigenvalue weighted by Crippen LogP contribution is -2.51. The first kappa shape index (κ1) is 30.5. The van der Waals surface area contributed by atoms with Gasteiger partial charge in [0.1, 0.15) is 36.1 Å². The summed E-state index contributed by atoms with van der Waals surface area (Å²) in [6, 6.07) is 6.83. The molecule has 2 amide bonds. The Morgan fingerprint density at radius 3 is 2.38 bits per heavy atom. The van der Waals surface area contributed by atoms with Crippen molar-refractivity contribution in [3.05, 3.63) is 70.9 Å². The molecule has 4 rings (SSSR count).